The van der Waals surface area contributed by atoms with Crippen molar-refractivity contribution in [2.24, 2.45) is 0 Å². The summed E-state index contributed by atoms with van der Waals surface area (Å²) in [6.45, 7) is 3.36. The Bertz CT molecular complexity index is 1060. The van der Waals surface area contributed by atoms with Crippen LogP contribution in [0.15, 0.2) is 35.7 Å². The Hall–Kier alpha value is -2.58. The predicted octanol–water partition coefficient (Wildman–Crippen LogP) is 3.85. The molecule has 2 N–H and O–H groups in total. The lowest BCUT2D eigenvalue weighted by Crippen LogP contribution is -2.04. The van der Waals surface area contributed by atoms with Crippen molar-refractivity contribution in [2.45, 2.75) is 24.3 Å². The number of aromatic amines is 2. The summed E-state index contributed by atoms with van der Waals surface area (Å²) in [6, 6.07) is 5.90. The molecule has 0 unspecified atom stereocenters. The van der Waals surface area contributed by atoms with Crippen LogP contribution < -0.4 is 4.74 Å². The Balaban J connectivity index is 1.47. The molecule has 0 radical (unpaired) electrons. The molecule has 1 aromatic carbocycles. The molecule has 0 aliphatic carbocycles. The molecule has 0 atom stereocenters. The van der Waals surface area contributed by atoms with Crippen molar-refractivity contribution in [3.05, 3.63) is 41.9 Å². The minimum atomic E-state index is 0.631. The van der Waals surface area contributed by atoms with Gasteiger partial charge in [0, 0.05) is 49.2 Å². The fraction of sp³-hybridized carbons (Fsp3) is 0.316. The van der Waals surface area contributed by atoms with Crippen molar-refractivity contribution in [2.75, 3.05) is 20.3 Å². The number of ether oxygens (including phenoxy) is 2. The minimum Gasteiger partial charge on any atom is -0.493 e. The lowest BCUT2D eigenvalue weighted by Gasteiger charge is -2.11. The third-order valence-corrected chi connectivity index (χ3v) is 5.25. The van der Waals surface area contributed by atoms with E-state index in [2.05, 4.69) is 25.1 Å². The van der Waals surface area contributed by atoms with E-state index in [1.165, 1.54) is 0 Å². The fourth-order valence-electron chi connectivity index (χ4n) is 2.91. The van der Waals surface area contributed by atoms with Gasteiger partial charge >= 0.3 is 0 Å². The van der Waals surface area contributed by atoms with E-state index in [-0.39, 0.29) is 0 Å². The molecule has 0 aliphatic rings. The molecule has 0 spiro atoms. The van der Waals surface area contributed by atoms with Crippen molar-refractivity contribution in [3.8, 4) is 5.75 Å². The highest BCUT2D eigenvalue weighted by atomic mass is 32.2. The molecule has 27 heavy (non-hydrogen) atoms. The Labute approximate surface area is 160 Å². The van der Waals surface area contributed by atoms with E-state index in [1.807, 2.05) is 31.3 Å². The smallest absolute Gasteiger partial charge is 0.189 e. The standard InChI is InChI=1S/C19H21N5O2S/c1-12-16(20-7-6-17(12)26-9-3-8-25-2)11-27-19-22-15-5-4-14-13(10-21-24-14)18(15)23-19/h4-7,10,21,24H,3,8-9,11H2,1-2H3. The zero-order chi connectivity index (χ0) is 18.6. The van der Waals surface area contributed by atoms with Crippen LogP contribution in [0.2, 0.25) is 0 Å². The van der Waals surface area contributed by atoms with Gasteiger partial charge in [-0.25, -0.2) is 9.97 Å². The number of aromatic nitrogens is 5. The van der Waals surface area contributed by atoms with E-state index in [1.54, 1.807) is 25.1 Å². The summed E-state index contributed by atoms with van der Waals surface area (Å²) in [4.78, 5) is 13.8. The van der Waals surface area contributed by atoms with Crippen molar-refractivity contribution in [1.82, 2.24) is 25.1 Å². The van der Waals surface area contributed by atoms with Gasteiger partial charge in [-0.15, -0.1) is 0 Å². The summed E-state index contributed by atoms with van der Waals surface area (Å²) in [5, 5.41) is 7.89. The lowest BCUT2D eigenvalue weighted by molar-refractivity contribution is 0.172. The number of pyridine rings is 1. The Morgan fingerprint density at radius 1 is 1.15 bits per heavy atom. The van der Waals surface area contributed by atoms with Gasteiger partial charge < -0.3 is 19.7 Å². The monoisotopic (exact) mass is 383 g/mol. The van der Waals surface area contributed by atoms with E-state index < -0.39 is 0 Å². The first kappa shape index (κ1) is 17.8. The van der Waals surface area contributed by atoms with Gasteiger partial charge in [0.25, 0.3) is 0 Å². The number of hydrogen-bond acceptors (Lipinski definition) is 6. The fourth-order valence-corrected chi connectivity index (χ4v) is 3.79. The number of H-pyrrole nitrogens is 2. The van der Waals surface area contributed by atoms with E-state index >= 15 is 0 Å². The molecule has 0 saturated heterocycles. The molecule has 0 bridgehead atoms. The van der Waals surface area contributed by atoms with Gasteiger partial charge in [-0.05, 0) is 25.1 Å². The molecule has 140 valence electrons. The van der Waals surface area contributed by atoms with Crippen LogP contribution in [-0.2, 0) is 10.5 Å². The third kappa shape index (κ3) is 3.77. The van der Waals surface area contributed by atoms with E-state index in [4.69, 9.17) is 9.47 Å². The molecular formula is C19H21N5O2S. The normalized spacial score (nSPS) is 11.5. The molecule has 8 heteroatoms. The zero-order valence-corrected chi connectivity index (χ0v) is 16.1. The molecule has 0 saturated carbocycles. The molecule has 4 rings (SSSR count). The first-order chi connectivity index (χ1) is 13.3. The molecule has 0 aliphatic heterocycles. The Morgan fingerprint density at radius 2 is 2.07 bits per heavy atom. The molecule has 3 heterocycles. The molecule has 7 nitrogen and oxygen atoms in total. The maximum absolute atomic E-state index is 5.85. The van der Waals surface area contributed by atoms with Crippen LogP contribution in [0.1, 0.15) is 17.7 Å². The first-order valence-corrected chi connectivity index (χ1v) is 9.76. The summed E-state index contributed by atoms with van der Waals surface area (Å²) >= 11 is 1.58. The second kappa shape index (κ2) is 7.98. The largest absolute Gasteiger partial charge is 0.493 e. The van der Waals surface area contributed by atoms with E-state index in [0.29, 0.717) is 19.0 Å². The molecule has 0 amide bonds. The average Bonchev–Trinajstić information content (AvgIpc) is 3.31. The summed E-state index contributed by atoms with van der Waals surface area (Å²) in [5.74, 6) is 1.56. The number of methoxy groups -OCH3 is 1. The quantitative estimate of drug-likeness (QED) is 0.355. The van der Waals surface area contributed by atoms with Gasteiger partial charge in [0.05, 0.1) is 23.3 Å². The van der Waals surface area contributed by atoms with Crippen molar-refractivity contribution < 1.29 is 9.47 Å². The number of fused-ring (bicyclic) bond motifs is 3. The van der Waals surface area contributed by atoms with Crippen LogP contribution in [-0.4, -0.2) is 45.5 Å². The lowest BCUT2D eigenvalue weighted by atomic mass is 10.2. The van der Waals surface area contributed by atoms with Crippen LogP contribution in [0.4, 0.5) is 0 Å². The van der Waals surface area contributed by atoms with Crippen LogP contribution in [0.5, 0.6) is 5.75 Å². The third-order valence-electron chi connectivity index (χ3n) is 4.39. The number of imidazole rings is 1. The second-order valence-electron chi connectivity index (χ2n) is 6.18. The van der Waals surface area contributed by atoms with Crippen LogP contribution in [0.25, 0.3) is 21.9 Å². The average molecular weight is 383 g/mol. The second-order valence-corrected chi connectivity index (χ2v) is 7.12. The number of nitrogens with one attached hydrogen (secondary N) is 2. The van der Waals surface area contributed by atoms with E-state index in [9.17, 15) is 0 Å². The topological polar surface area (TPSA) is 88.7 Å². The van der Waals surface area contributed by atoms with Gasteiger partial charge in [-0.2, -0.15) is 0 Å². The number of hydrogen-bond donors (Lipinski definition) is 2. The Morgan fingerprint density at radius 3 is 2.96 bits per heavy atom. The van der Waals surface area contributed by atoms with Gasteiger partial charge in [0.1, 0.15) is 11.3 Å². The molecular weight excluding hydrogens is 362 g/mol. The van der Waals surface area contributed by atoms with Crippen LogP contribution in [0.3, 0.4) is 0 Å². The SMILES string of the molecule is COCCCOc1ccnc(CSc2nc3ccc4[nH][nH]cc4c3n2)c1C. The van der Waals surface area contributed by atoms with Gasteiger partial charge in [-0.1, -0.05) is 11.8 Å². The predicted molar refractivity (Wildman–Crippen MR) is 106 cm³/mol. The maximum atomic E-state index is 5.85. The maximum Gasteiger partial charge on any atom is 0.189 e. The van der Waals surface area contributed by atoms with Crippen molar-refractivity contribution >= 4 is 33.7 Å². The molecule has 0 fully saturated rings. The summed E-state index contributed by atoms with van der Waals surface area (Å²) in [7, 11) is 1.70. The van der Waals surface area contributed by atoms with Gasteiger partial charge in [-0.3, -0.25) is 4.98 Å². The molecule has 4 aromatic rings. The van der Waals surface area contributed by atoms with Gasteiger partial charge in [0.2, 0.25) is 0 Å². The first-order valence-electron chi connectivity index (χ1n) is 8.77. The van der Waals surface area contributed by atoms with E-state index in [0.717, 1.165) is 50.5 Å². The number of nitrogens with zero attached hydrogens (tertiary/aromatic N) is 3. The van der Waals surface area contributed by atoms with Crippen LogP contribution in [0, 0.1) is 6.92 Å². The highest BCUT2D eigenvalue weighted by Gasteiger charge is 2.12. The highest BCUT2D eigenvalue weighted by molar-refractivity contribution is 7.98. The zero-order valence-electron chi connectivity index (χ0n) is 15.3. The number of benzene rings is 1. The summed E-state index contributed by atoms with van der Waals surface area (Å²) < 4.78 is 10.9. The highest BCUT2D eigenvalue weighted by Crippen LogP contribution is 2.29. The minimum absolute atomic E-state index is 0.631. The summed E-state index contributed by atoms with van der Waals surface area (Å²) in [6.07, 6.45) is 4.56. The van der Waals surface area contributed by atoms with Crippen molar-refractivity contribution in [1.29, 1.82) is 0 Å². The van der Waals surface area contributed by atoms with Crippen molar-refractivity contribution in [3.63, 3.8) is 0 Å². The number of thioether (sulfide) groups is 1. The Kier molecular flexibility index (Phi) is 5.26. The van der Waals surface area contributed by atoms with Crippen LogP contribution >= 0.6 is 11.8 Å². The summed E-state index contributed by atoms with van der Waals surface area (Å²) in [5.41, 5.74) is 4.87. The van der Waals surface area contributed by atoms with Gasteiger partial charge in [0.15, 0.2) is 5.16 Å². The number of rotatable bonds is 8. The molecule has 3 aromatic heterocycles.